The lowest BCUT2D eigenvalue weighted by atomic mass is 10.4. The zero-order valence-corrected chi connectivity index (χ0v) is 11.0. The minimum absolute atomic E-state index is 0.117. The lowest BCUT2D eigenvalue weighted by Gasteiger charge is -2.05. The van der Waals surface area contributed by atoms with Crippen molar-refractivity contribution in [3.8, 4) is 0 Å². The molecule has 0 aromatic carbocycles. The number of halogens is 2. The van der Waals surface area contributed by atoms with Crippen molar-refractivity contribution in [3.05, 3.63) is 38.5 Å². The number of thiophene rings is 1. The summed E-state index contributed by atoms with van der Waals surface area (Å²) in [4.78, 5) is 21.0. The fourth-order valence-electron chi connectivity index (χ4n) is 1.18. The molecule has 1 amide bonds. The summed E-state index contributed by atoms with van der Waals surface area (Å²) >= 11 is 13.0. The smallest absolute Gasteiger partial charge is 0.265 e. The maximum absolute atomic E-state index is 11.9. The van der Waals surface area contributed by atoms with E-state index >= 15 is 0 Å². The Balaban J connectivity index is 2.24. The van der Waals surface area contributed by atoms with Gasteiger partial charge in [0.2, 0.25) is 0 Å². The van der Waals surface area contributed by atoms with Gasteiger partial charge in [-0.15, -0.1) is 11.3 Å². The molecule has 17 heavy (non-hydrogen) atoms. The van der Waals surface area contributed by atoms with Crippen LogP contribution in [0.25, 0.3) is 0 Å². The highest BCUT2D eigenvalue weighted by molar-refractivity contribution is 7.14. The van der Waals surface area contributed by atoms with Gasteiger partial charge in [-0.05, 0) is 19.1 Å². The van der Waals surface area contributed by atoms with E-state index in [0.717, 1.165) is 4.88 Å². The Bertz CT molecular complexity index is 550. The van der Waals surface area contributed by atoms with Crippen LogP contribution in [0.15, 0.2) is 18.5 Å². The first-order valence-electron chi connectivity index (χ1n) is 4.61. The number of rotatable bonds is 2. The number of aryl methyl sites for hydroxylation is 1. The molecule has 2 rings (SSSR count). The number of hydrogen-bond donors (Lipinski definition) is 1. The highest BCUT2D eigenvalue weighted by atomic mass is 35.5. The van der Waals surface area contributed by atoms with Gasteiger partial charge in [0.05, 0.1) is 4.88 Å². The molecule has 0 saturated carbocycles. The van der Waals surface area contributed by atoms with E-state index in [4.69, 9.17) is 23.2 Å². The van der Waals surface area contributed by atoms with Gasteiger partial charge < -0.3 is 5.32 Å². The summed E-state index contributed by atoms with van der Waals surface area (Å²) in [5.41, 5.74) is 0.229. The molecule has 0 saturated heterocycles. The number of nitrogens with zero attached hydrogens (tertiary/aromatic N) is 2. The molecule has 0 spiro atoms. The van der Waals surface area contributed by atoms with Gasteiger partial charge in [0.1, 0.15) is 12.0 Å². The maximum atomic E-state index is 11.9. The molecular weight excluding hydrogens is 281 g/mol. The van der Waals surface area contributed by atoms with E-state index < -0.39 is 0 Å². The zero-order valence-electron chi connectivity index (χ0n) is 8.70. The largest absolute Gasteiger partial charge is 0.316 e. The fraction of sp³-hybridized carbons (Fsp3) is 0.100. The third kappa shape index (κ3) is 2.74. The second kappa shape index (κ2) is 5.00. The topological polar surface area (TPSA) is 54.9 Å². The van der Waals surface area contributed by atoms with Crippen molar-refractivity contribution in [1.29, 1.82) is 0 Å². The van der Waals surface area contributed by atoms with Crippen molar-refractivity contribution >= 4 is 46.1 Å². The van der Waals surface area contributed by atoms with Crippen LogP contribution in [0.5, 0.6) is 0 Å². The summed E-state index contributed by atoms with van der Waals surface area (Å²) in [7, 11) is 0. The molecule has 0 atom stereocenters. The molecule has 7 heteroatoms. The lowest BCUT2D eigenvalue weighted by Crippen LogP contribution is -2.11. The molecule has 0 fully saturated rings. The van der Waals surface area contributed by atoms with Crippen LogP contribution in [-0.2, 0) is 0 Å². The molecule has 0 aliphatic rings. The lowest BCUT2D eigenvalue weighted by molar-refractivity contribution is 0.103. The van der Waals surface area contributed by atoms with Crippen LogP contribution in [0.2, 0.25) is 10.3 Å². The van der Waals surface area contributed by atoms with Gasteiger partial charge in [-0.1, -0.05) is 23.2 Å². The molecular formula is C10H7Cl2N3OS. The summed E-state index contributed by atoms with van der Waals surface area (Å²) in [6.45, 7) is 1.92. The number of aromatic nitrogens is 2. The van der Waals surface area contributed by atoms with Crippen LogP contribution in [0.1, 0.15) is 14.5 Å². The normalized spacial score (nSPS) is 10.3. The molecule has 1 N–H and O–H groups in total. The molecule has 0 radical (unpaired) electrons. The zero-order chi connectivity index (χ0) is 12.4. The average molecular weight is 288 g/mol. The van der Waals surface area contributed by atoms with E-state index in [2.05, 4.69) is 15.3 Å². The van der Waals surface area contributed by atoms with Gasteiger partial charge in [0.15, 0.2) is 10.3 Å². The van der Waals surface area contributed by atoms with E-state index in [1.165, 1.54) is 17.7 Å². The highest BCUT2D eigenvalue weighted by Crippen LogP contribution is 2.27. The van der Waals surface area contributed by atoms with E-state index in [0.29, 0.717) is 4.88 Å². The van der Waals surface area contributed by atoms with E-state index in [1.54, 1.807) is 6.07 Å². The van der Waals surface area contributed by atoms with Crippen LogP contribution >= 0.6 is 34.5 Å². The minimum atomic E-state index is -0.276. The number of hydrogen-bond acceptors (Lipinski definition) is 4. The monoisotopic (exact) mass is 287 g/mol. The van der Waals surface area contributed by atoms with Crippen LogP contribution in [0, 0.1) is 6.92 Å². The predicted molar refractivity (Wildman–Crippen MR) is 69.1 cm³/mol. The predicted octanol–water partition coefficient (Wildman–Crippen LogP) is 3.41. The first kappa shape index (κ1) is 12.3. The Morgan fingerprint density at radius 3 is 2.47 bits per heavy atom. The Morgan fingerprint density at radius 2 is 1.94 bits per heavy atom. The number of nitrogens with one attached hydrogen (secondary N) is 1. The SMILES string of the molecule is Cc1ccc(C(=O)Nc2c(Cl)ncnc2Cl)s1. The summed E-state index contributed by atoms with van der Waals surface area (Å²) in [6.07, 6.45) is 1.23. The summed E-state index contributed by atoms with van der Waals surface area (Å²) in [6, 6.07) is 3.60. The average Bonchev–Trinajstić information content (AvgIpc) is 2.70. The molecule has 0 aliphatic heterocycles. The Hall–Kier alpha value is -1.17. The minimum Gasteiger partial charge on any atom is -0.316 e. The summed E-state index contributed by atoms with van der Waals surface area (Å²) in [5, 5.41) is 2.83. The number of anilines is 1. The van der Waals surface area contributed by atoms with Crippen LogP contribution in [0.3, 0.4) is 0 Å². The van der Waals surface area contributed by atoms with E-state index in [-0.39, 0.29) is 21.9 Å². The van der Waals surface area contributed by atoms with Crippen molar-refractivity contribution in [3.63, 3.8) is 0 Å². The van der Waals surface area contributed by atoms with E-state index in [9.17, 15) is 4.79 Å². The fourth-order valence-corrected chi connectivity index (χ4v) is 2.35. The molecule has 0 bridgehead atoms. The number of amides is 1. The maximum Gasteiger partial charge on any atom is 0.265 e. The van der Waals surface area contributed by atoms with Crippen LogP contribution in [-0.4, -0.2) is 15.9 Å². The van der Waals surface area contributed by atoms with Crippen LogP contribution in [0.4, 0.5) is 5.69 Å². The van der Waals surface area contributed by atoms with Gasteiger partial charge in [-0.25, -0.2) is 9.97 Å². The molecule has 0 aliphatic carbocycles. The Kier molecular flexibility index (Phi) is 3.61. The Morgan fingerprint density at radius 1 is 1.29 bits per heavy atom. The van der Waals surface area contributed by atoms with Crippen molar-refractivity contribution in [1.82, 2.24) is 9.97 Å². The van der Waals surface area contributed by atoms with Crippen molar-refractivity contribution < 1.29 is 4.79 Å². The summed E-state index contributed by atoms with van der Waals surface area (Å²) in [5.74, 6) is -0.276. The van der Waals surface area contributed by atoms with Gasteiger partial charge in [0.25, 0.3) is 5.91 Å². The Labute approximate surface area is 112 Å². The van der Waals surface area contributed by atoms with Gasteiger partial charge >= 0.3 is 0 Å². The molecule has 0 unspecified atom stereocenters. The van der Waals surface area contributed by atoms with Gasteiger partial charge in [-0.3, -0.25) is 4.79 Å². The van der Waals surface area contributed by atoms with Gasteiger partial charge in [-0.2, -0.15) is 0 Å². The highest BCUT2D eigenvalue weighted by Gasteiger charge is 2.14. The molecule has 2 heterocycles. The van der Waals surface area contributed by atoms with Crippen molar-refractivity contribution in [2.75, 3.05) is 5.32 Å². The van der Waals surface area contributed by atoms with Crippen molar-refractivity contribution in [2.24, 2.45) is 0 Å². The standard InChI is InChI=1S/C10H7Cl2N3OS/c1-5-2-3-6(17-5)10(16)15-7-8(11)13-4-14-9(7)12/h2-4H,1H3,(H,15,16). The summed E-state index contributed by atoms with van der Waals surface area (Å²) < 4.78 is 0. The molecule has 4 nitrogen and oxygen atoms in total. The molecule has 88 valence electrons. The van der Waals surface area contributed by atoms with Crippen molar-refractivity contribution in [2.45, 2.75) is 6.92 Å². The molecule has 2 aromatic rings. The second-order valence-electron chi connectivity index (χ2n) is 3.19. The quantitative estimate of drug-likeness (QED) is 0.862. The van der Waals surface area contributed by atoms with Gasteiger partial charge in [0, 0.05) is 4.88 Å². The first-order valence-corrected chi connectivity index (χ1v) is 6.19. The number of carbonyl (C=O) groups excluding carboxylic acids is 1. The van der Waals surface area contributed by atoms with E-state index in [1.807, 2.05) is 13.0 Å². The second-order valence-corrected chi connectivity index (χ2v) is 5.20. The first-order chi connectivity index (χ1) is 8.08. The third-order valence-corrected chi connectivity index (χ3v) is 3.53. The molecule has 2 aromatic heterocycles. The third-order valence-electron chi connectivity index (χ3n) is 1.96. The number of carbonyl (C=O) groups is 1. The van der Waals surface area contributed by atoms with Crippen LogP contribution < -0.4 is 5.32 Å².